The first kappa shape index (κ1) is 23.3. The first-order valence-corrected chi connectivity index (χ1v) is 10.9. The fourth-order valence-electron chi connectivity index (χ4n) is 3.46. The number of rotatable bonds is 9. The van der Waals surface area contributed by atoms with Gasteiger partial charge in [0.1, 0.15) is 5.76 Å². The lowest BCUT2D eigenvalue weighted by Gasteiger charge is -2.15. The van der Waals surface area contributed by atoms with Crippen LogP contribution in [0.2, 0.25) is 0 Å². The van der Waals surface area contributed by atoms with Gasteiger partial charge in [-0.3, -0.25) is 9.59 Å². The molecule has 1 aromatic heterocycles. The third-order valence-electron chi connectivity index (χ3n) is 5.14. The molecule has 6 heteroatoms. The molecule has 0 amide bonds. The molecule has 0 N–H and O–H groups in total. The third-order valence-corrected chi connectivity index (χ3v) is 5.14. The number of oxazole rings is 1. The molecule has 32 heavy (non-hydrogen) atoms. The summed E-state index contributed by atoms with van der Waals surface area (Å²) < 4.78 is 16.0. The van der Waals surface area contributed by atoms with E-state index in [-0.39, 0.29) is 19.6 Å². The number of hydrogen-bond donors (Lipinski definition) is 0. The normalized spacial score (nSPS) is 10.9. The molecule has 2 aromatic carbocycles. The zero-order chi connectivity index (χ0) is 23.1. The predicted octanol–water partition coefficient (Wildman–Crippen LogP) is 4.83. The fourth-order valence-corrected chi connectivity index (χ4v) is 3.46. The van der Waals surface area contributed by atoms with Gasteiger partial charge >= 0.3 is 11.9 Å². The van der Waals surface area contributed by atoms with Crippen LogP contribution in [0.4, 0.5) is 0 Å². The molecule has 0 saturated carbocycles. The van der Waals surface area contributed by atoms with Crippen molar-refractivity contribution in [3.05, 3.63) is 76.7 Å². The number of hydrogen-bond acceptors (Lipinski definition) is 6. The van der Waals surface area contributed by atoms with Crippen LogP contribution >= 0.6 is 0 Å². The summed E-state index contributed by atoms with van der Waals surface area (Å²) in [6.07, 6.45) is 0.802. The molecule has 0 spiro atoms. The Bertz CT molecular complexity index is 1050. The van der Waals surface area contributed by atoms with E-state index in [1.807, 2.05) is 62.4 Å². The SMILES string of the molecule is CCOC(=O)C(Cc1cccc(Cc2nc(-c3ccc(C)cc3)oc2C)c1)C(=O)OCC. The van der Waals surface area contributed by atoms with Crippen LogP contribution in [0.3, 0.4) is 0 Å². The topological polar surface area (TPSA) is 78.6 Å². The molecule has 0 aliphatic carbocycles. The van der Waals surface area contributed by atoms with Gasteiger partial charge in [0.05, 0.1) is 18.9 Å². The van der Waals surface area contributed by atoms with Gasteiger partial charge in [0.15, 0.2) is 5.92 Å². The van der Waals surface area contributed by atoms with E-state index in [0.717, 1.165) is 28.1 Å². The van der Waals surface area contributed by atoms with E-state index in [9.17, 15) is 9.59 Å². The number of aromatic nitrogens is 1. The maximum atomic E-state index is 12.3. The van der Waals surface area contributed by atoms with Crippen LogP contribution in [0.15, 0.2) is 52.9 Å². The van der Waals surface area contributed by atoms with Crippen molar-refractivity contribution in [3.8, 4) is 11.5 Å². The quantitative estimate of drug-likeness (QED) is 0.354. The Kier molecular flexibility index (Phi) is 7.82. The van der Waals surface area contributed by atoms with E-state index < -0.39 is 17.9 Å². The van der Waals surface area contributed by atoms with Crippen molar-refractivity contribution in [2.24, 2.45) is 5.92 Å². The minimum absolute atomic E-state index is 0.212. The highest BCUT2D eigenvalue weighted by molar-refractivity contribution is 5.95. The van der Waals surface area contributed by atoms with E-state index in [1.54, 1.807) is 13.8 Å². The van der Waals surface area contributed by atoms with Gasteiger partial charge in [-0.1, -0.05) is 42.0 Å². The molecule has 0 saturated heterocycles. The smallest absolute Gasteiger partial charge is 0.320 e. The summed E-state index contributed by atoms with van der Waals surface area (Å²) in [4.78, 5) is 29.3. The number of esters is 2. The van der Waals surface area contributed by atoms with E-state index in [1.165, 1.54) is 5.56 Å². The van der Waals surface area contributed by atoms with E-state index in [4.69, 9.17) is 13.9 Å². The van der Waals surface area contributed by atoms with Crippen LogP contribution < -0.4 is 0 Å². The summed E-state index contributed by atoms with van der Waals surface area (Å²) in [7, 11) is 0. The van der Waals surface area contributed by atoms with Crippen LogP contribution in [0, 0.1) is 19.8 Å². The number of ether oxygens (including phenoxy) is 2. The molecule has 6 nitrogen and oxygen atoms in total. The van der Waals surface area contributed by atoms with Gasteiger partial charge in [0, 0.05) is 12.0 Å². The van der Waals surface area contributed by atoms with E-state index in [2.05, 4.69) is 4.98 Å². The molecule has 168 valence electrons. The standard InChI is InChI=1S/C26H29NO5/c1-5-30-25(28)22(26(29)31-6-2)15-19-8-7-9-20(14-19)16-23-18(4)32-24(27-23)21-12-10-17(3)11-13-21/h7-14,22H,5-6,15-16H2,1-4H3. The van der Waals surface area contributed by atoms with Gasteiger partial charge in [-0.05, 0) is 57.4 Å². The van der Waals surface area contributed by atoms with Crippen LogP contribution in [-0.4, -0.2) is 30.1 Å². The third kappa shape index (κ3) is 5.84. The van der Waals surface area contributed by atoms with Gasteiger partial charge in [-0.25, -0.2) is 4.98 Å². The Morgan fingerprint density at radius 3 is 2.19 bits per heavy atom. The summed E-state index contributed by atoms with van der Waals surface area (Å²) in [5.74, 6) is -0.745. The molecule has 3 rings (SSSR count). The molecule has 0 bridgehead atoms. The average molecular weight is 436 g/mol. The summed E-state index contributed by atoms with van der Waals surface area (Å²) in [5.41, 5.74) is 4.84. The van der Waals surface area contributed by atoms with Crippen molar-refractivity contribution in [1.82, 2.24) is 4.98 Å². The van der Waals surface area contributed by atoms with Crippen LogP contribution in [-0.2, 0) is 31.9 Å². The Morgan fingerprint density at radius 1 is 0.938 bits per heavy atom. The van der Waals surface area contributed by atoms with Crippen LogP contribution in [0.25, 0.3) is 11.5 Å². The lowest BCUT2D eigenvalue weighted by Crippen LogP contribution is -2.30. The van der Waals surface area contributed by atoms with Crippen LogP contribution in [0.1, 0.15) is 42.0 Å². The molecule has 3 aromatic rings. The number of nitrogens with zero attached hydrogens (tertiary/aromatic N) is 1. The Balaban J connectivity index is 1.78. The predicted molar refractivity (Wildman–Crippen MR) is 121 cm³/mol. The van der Waals surface area contributed by atoms with Gasteiger partial charge in [-0.15, -0.1) is 0 Å². The minimum Gasteiger partial charge on any atom is -0.465 e. The molecule has 0 radical (unpaired) electrons. The maximum Gasteiger partial charge on any atom is 0.320 e. The second kappa shape index (κ2) is 10.8. The largest absolute Gasteiger partial charge is 0.465 e. The Morgan fingerprint density at radius 2 is 1.56 bits per heavy atom. The summed E-state index contributed by atoms with van der Waals surface area (Å²) >= 11 is 0. The second-order valence-electron chi connectivity index (χ2n) is 7.65. The second-order valence-corrected chi connectivity index (χ2v) is 7.65. The van der Waals surface area contributed by atoms with Gasteiger partial charge < -0.3 is 13.9 Å². The molecule has 0 aliphatic rings. The van der Waals surface area contributed by atoms with Crippen molar-refractivity contribution in [1.29, 1.82) is 0 Å². The zero-order valence-corrected chi connectivity index (χ0v) is 19.0. The molecule has 0 fully saturated rings. The van der Waals surface area contributed by atoms with E-state index in [0.29, 0.717) is 12.3 Å². The number of carbonyl (C=O) groups is 2. The Hall–Kier alpha value is -3.41. The summed E-state index contributed by atoms with van der Waals surface area (Å²) in [6.45, 7) is 7.80. The minimum atomic E-state index is -0.980. The lowest BCUT2D eigenvalue weighted by atomic mass is 9.97. The zero-order valence-electron chi connectivity index (χ0n) is 19.0. The van der Waals surface area contributed by atoms with Gasteiger partial charge in [0.25, 0.3) is 0 Å². The molecule has 0 unspecified atom stereocenters. The highest BCUT2D eigenvalue weighted by atomic mass is 16.6. The highest BCUT2D eigenvalue weighted by Crippen LogP contribution is 2.24. The van der Waals surface area contributed by atoms with Gasteiger partial charge in [0.2, 0.25) is 5.89 Å². The Labute approximate surface area is 188 Å². The lowest BCUT2D eigenvalue weighted by molar-refractivity contribution is -0.161. The number of carbonyl (C=O) groups excluding carboxylic acids is 2. The van der Waals surface area contributed by atoms with Crippen molar-refractivity contribution < 1.29 is 23.5 Å². The molecule has 1 heterocycles. The maximum absolute atomic E-state index is 12.3. The first-order chi connectivity index (χ1) is 15.4. The first-order valence-electron chi connectivity index (χ1n) is 10.9. The van der Waals surface area contributed by atoms with Crippen molar-refractivity contribution in [2.75, 3.05) is 13.2 Å². The highest BCUT2D eigenvalue weighted by Gasteiger charge is 2.29. The van der Waals surface area contributed by atoms with Crippen LogP contribution in [0.5, 0.6) is 0 Å². The number of aryl methyl sites for hydroxylation is 2. The molecular weight excluding hydrogens is 406 g/mol. The average Bonchev–Trinajstić information content (AvgIpc) is 3.13. The fraction of sp³-hybridized carbons (Fsp3) is 0.346. The molecule has 0 aliphatic heterocycles. The molecule has 0 atom stereocenters. The van der Waals surface area contributed by atoms with Crippen molar-refractivity contribution in [3.63, 3.8) is 0 Å². The van der Waals surface area contributed by atoms with Gasteiger partial charge in [-0.2, -0.15) is 0 Å². The summed E-state index contributed by atoms with van der Waals surface area (Å²) in [6, 6.07) is 15.8. The van der Waals surface area contributed by atoms with Crippen molar-refractivity contribution >= 4 is 11.9 Å². The monoisotopic (exact) mass is 435 g/mol. The summed E-state index contributed by atoms with van der Waals surface area (Å²) in [5, 5.41) is 0. The van der Waals surface area contributed by atoms with E-state index >= 15 is 0 Å². The van der Waals surface area contributed by atoms with Crippen molar-refractivity contribution in [2.45, 2.75) is 40.5 Å². The molecular formula is C26H29NO5. The number of benzene rings is 2.